The zero-order valence-electron chi connectivity index (χ0n) is 9.61. The Hall–Kier alpha value is -1.07. The number of carbonyl (C=O) groups excluding carboxylic acids is 1. The minimum atomic E-state index is -0.0259. The number of aromatic amines is 1. The molecule has 0 aliphatic carbocycles. The van der Waals surface area contributed by atoms with E-state index in [1.54, 1.807) is 12.3 Å². The van der Waals surface area contributed by atoms with Crippen LogP contribution in [-0.4, -0.2) is 20.7 Å². The maximum atomic E-state index is 11.3. The van der Waals surface area contributed by atoms with Crippen LogP contribution >= 0.6 is 0 Å². The molecule has 0 unspecified atom stereocenters. The van der Waals surface area contributed by atoms with Crippen molar-refractivity contribution in [1.29, 1.82) is 0 Å². The van der Waals surface area contributed by atoms with Crippen molar-refractivity contribution in [3.05, 3.63) is 29.6 Å². The van der Waals surface area contributed by atoms with Gasteiger partial charge in [-0.1, -0.05) is 24.2 Å². The number of nitrogens with one attached hydrogen (secondary N) is 1. The Morgan fingerprint density at radius 3 is 2.76 bits per heavy atom. The Balaban J connectivity index is 0.00000144. The number of aromatic nitrogens is 3. The molecule has 0 saturated carbocycles. The number of H-pyrrole nitrogens is 1. The summed E-state index contributed by atoms with van der Waals surface area (Å²) in [4.78, 5) is 22.2. The third-order valence-corrected chi connectivity index (χ3v) is 2.22. The smallest absolute Gasteiger partial charge is 0.210 e. The third-order valence-electron chi connectivity index (χ3n) is 2.22. The second-order valence-corrected chi connectivity index (χ2v) is 3.48. The molecule has 17 heavy (non-hydrogen) atoms. The van der Waals surface area contributed by atoms with E-state index in [0.717, 1.165) is 5.69 Å². The molecule has 5 nitrogen and oxygen atoms in total. The first kappa shape index (κ1) is 14.0. The predicted octanol–water partition coefficient (Wildman–Crippen LogP) is 1.36. The van der Waals surface area contributed by atoms with Gasteiger partial charge in [0.05, 0.1) is 5.78 Å². The van der Waals surface area contributed by atoms with E-state index in [1.165, 1.54) is 6.92 Å². The van der Waals surface area contributed by atoms with E-state index in [-0.39, 0.29) is 44.4 Å². The fraction of sp³-hybridized carbons (Fsp3) is 0.182. The van der Waals surface area contributed by atoms with Crippen LogP contribution in [0.25, 0.3) is 11.4 Å². The van der Waals surface area contributed by atoms with Gasteiger partial charge in [-0.15, -0.1) is 6.07 Å². The van der Waals surface area contributed by atoms with Gasteiger partial charge < -0.3 is 15.5 Å². The molecule has 2 aromatic heterocycles. The first-order valence-electron chi connectivity index (χ1n) is 4.79. The van der Waals surface area contributed by atoms with Crippen molar-refractivity contribution in [2.75, 3.05) is 5.73 Å². The number of nitrogen functional groups attached to an aromatic ring is 1. The maximum Gasteiger partial charge on any atom is 0.210 e. The number of nitrogens with two attached hydrogens (primary N) is 1. The number of nitrogens with zero attached hydrogens (tertiary/aromatic N) is 2. The van der Waals surface area contributed by atoms with E-state index in [2.05, 4.69) is 21.0 Å². The predicted molar refractivity (Wildman–Crippen MR) is 59.8 cm³/mol. The van der Waals surface area contributed by atoms with Crippen molar-refractivity contribution < 1.29 is 37.5 Å². The van der Waals surface area contributed by atoms with Crippen LogP contribution in [0.15, 0.2) is 12.3 Å². The first-order valence-corrected chi connectivity index (χ1v) is 4.79. The molecule has 0 bridgehead atoms. The fourth-order valence-corrected chi connectivity index (χ4v) is 1.49. The number of carbonyl (C=O) groups is 1. The SMILES string of the molecule is CC(=O)c1[c-]c(-c2ccnc(N)n2)[nH]c1C.[Y]. The molecule has 0 spiro atoms. The van der Waals surface area contributed by atoms with Gasteiger partial charge in [0.1, 0.15) is 0 Å². The molecule has 2 heterocycles. The number of aryl methyl sites for hydroxylation is 1. The number of hydrogen-bond donors (Lipinski definition) is 2. The Bertz CT molecular complexity index is 550. The summed E-state index contributed by atoms with van der Waals surface area (Å²) in [5, 5.41) is 0. The molecule has 0 saturated heterocycles. The van der Waals surface area contributed by atoms with Gasteiger partial charge in [-0.25, -0.2) is 4.98 Å². The van der Waals surface area contributed by atoms with E-state index < -0.39 is 0 Å². The molecule has 0 aliphatic heterocycles. The van der Waals surface area contributed by atoms with E-state index in [9.17, 15) is 4.79 Å². The monoisotopic (exact) mass is 304 g/mol. The van der Waals surface area contributed by atoms with E-state index in [4.69, 9.17) is 5.73 Å². The summed E-state index contributed by atoms with van der Waals surface area (Å²) in [6.07, 6.45) is 1.56. The average Bonchev–Trinajstić information content (AvgIpc) is 2.60. The Morgan fingerprint density at radius 1 is 1.53 bits per heavy atom. The molecule has 2 rings (SSSR count). The molecule has 0 aliphatic rings. The van der Waals surface area contributed by atoms with Crippen molar-refractivity contribution in [2.24, 2.45) is 0 Å². The summed E-state index contributed by atoms with van der Waals surface area (Å²) in [5.74, 6) is 0.171. The Morgan fingerprint density at radius 2 is 2.24 bits per heavy atom. The van der Waals surface area contributed by atoms with Gasteiger partial charge in [0.2, 0.25) is 5.95 Å². The molecule has 85 valence electrons. The zero-order chi connectivity index (χ0) is 11.7. The average molecular weight is 304 g/mol. The second-order valence-electron chi connectivity index (χ2n) is 3.48. The minimum absolute atomic E-state index is 0. The van der Waals surface area contributed by atoms with Gasteiger partial charge >= 0.3 is 0 Å². The van der Waals surface area contributed by atoms with Crippen molar-refractivity contribution in [3.8, 4) is 11.4 Å². The number of hydrogen-bond acceptors (Lipinski definition) is 4. The summed E-state index contributed by atoms with van der Waals surface area (Å²) in [6.45, 7) is 3.33. The van der Waals surface area contributed by atoms with Crippen LogP contribution < -0.4 is 5.73 Å². The molecule has 0 fully saturated rings. The molecule has 0 aromatic carbocycles. The van der Waals surface area contributed by atoms with Crippen molar-refractivity contribution in [2.45, 2.75) is 13.8 Å². The van der Waals surface area contributed by atoms with E-state index in [1.807, 2.05) is 6.92 Å². The molecule has 6 heteroatoms. The molecular weight excluding hydrogens is 293 g/mol. The van der Waals surface area contributed by atoms with Gasteiger partial charge in [-0.3, -0.25) is 4.98 Å². The number of ketones is 1. The van der Waals surface area contributed by atoms with Crippen LogP contribution in [0, 0.1) is 13.0 Å². The number of Topliss-reactive ketones (excluding diaryl/α,β-unsaturated/α-hetero) is 1. The van der Waals surface area contributed by atoms with E-state index in [0.29, 0.717) is 17.0 Å². The fourth-order valence-electron chi connectivity index (χ4n) is 1.49. The molecule has 1 radical (unpaired) electrons. The second kappa shape index (κ2) is 5.51. The summed E-state index contributed by atoms with van der Waals surface area (Å²) < 4.78 is 0. The van der Waals surface area contributed by atoms with Crippen LogP contribution in [-0.2, 0) is 32.7 Å². The largest absolute Gasteiger partial charge is 0.412 e. The molecule has 2 aromatic rings. The Kier molecular flexibility index (Phi) is 4.54. The zero-order valence-corrected chi connectivity index (χ0v) is 12.5. The van der Waals surface area contributed by atoms with Gasteiger partial charge in [0.25, 0.3) is 0 Å². The minimum Gasteiger partial charge on any atom is -0.412 e. The molecule has 3 N–H and O–H groups in total. The van der Waals surface area contributed by atoms with Crippen LogP contribution in [0.3, 0.4) is 0 Å². The van der Waals surface area contributed by atoms with Crippen LogP contribution in [0.2, 0.25) is 0 Å². The number of rotatable bonds is 2. The first-order chi connectivity index (χ1) is 7.58. The normalized spacial score (nSPS) is 9.76. The van der Waals surface area contributed by atoms with Gasteiger partial charge in [0, 0.05) is 44.6 Å². The third kappa shape index (κ3) is 2.98. The van der Waals surface area contributed by atoms with E-state index >= 15 is 0 Å². The summed E-state index contributed by atoms with van der Waals surface area (Å²) in [5.41, 5.74) is 8.09. The number of anilines is 1. The van der Waals surface area contributed by atoms with Gasteiger partial charge in [-0.2, -0.15) is 0 Å². The summed E-state index contributed by atoms with van der Waals surface area (Å²) >= 11 is 0. The quantitative estimate of drug-likeness (QED) is 0.648. The van der Waals surface area contributed by atoms with Crippen molar-refractivity contribution in [3.63, 3.8) is 0 Å². The Labute approximate surface area is 124 Å². The molecule has 0 amide bonds. The summed E-state index contributed by atoms with van der Waals surface area (Å²) in [7, 11) is 0. The standard InChI is InChI=1S/C11H11N4O.Y/c1-6-8(7(2)16)5-10(14-6)9-3-4-13-11(12)15-9;/h3-4,14H,1-2H3,(H2,12,13,15);/q-1;. The van der Waals surface area contributed by atoms with Gasteiger partial charge in [0.15, 0.2) is 0 Å². The molecular formula is C11H11N4OY-. The van der Waals surface area contributed by atoms with Crippen molar-refractivity contribution >= 4 is 11.7 Å². The van der Waals surface area contributed by atoms with Crippen molar-refractivity contribution in [1.82, 2.24) is 15.0 Å². The summed E-state index contributed by atoms with van der Waals surface area (Å²) in [6, 6.07) is 4.68. The van der Waals surface area contributed by atoms with Crippen LogP contribution in [0.4, 0.5) is 5.95 Å². The van der Waals surface area contributed by atoms with Crippen LogP contribution in [0.1, 0.15) is 23.0 Å². The van der Waals surface area contributed by atoms with Crippen LogP contribution in [0.5, 0.6) is 0 Å². The topological polar surface area (TPSA) is 84.7 Å². The maximum absolute atomic E-state index is 11.3. The van der Waals surface area contributed by atoms with Gasteiger partial charge in [-0.05, 0) is 12.6 Å². The molecule has 0 atom stereocenters.